The van der Waals surface area contributed by atoms with Crippen molar-refractivity contribution in [3.63, 3.8) is 0 Å². The van der Waals surface area contributed by atoms with Crippen molar-refractivity contribution in [3.8, 4) is 0 Å². The summed E-state index contributed by atoms with van der Waals surface area (Å²) >= 11 is 0. The zero-order chi connectivity index (χ0) is 14.2. The van der Waals surface area contributed by atoms with Crippen molar-refractivity contribution in [2.75, 3.05) is 30.4 Å². The van der Waals surface area contributed by atoms with Crippen molar-refractivity contribution in [1.82, 2.24) is 4.98 Å². The van der Waals surface area contributed by atoms with Crippen LogP contribution in [0.5, 0.6) is 0 Å². The number of amides is 1. The molecule has 1 fully saturated rings. The largest absolute Gasteiger partial charge is 0.384 e. The molecule has 0 bridgehead atoms. The molecule has 0 saturated carbocycles. The zero-order valence-corrected chi connectivity index (χ0v) is 12.0. The Balaban J connectivity index is 1.81. The number of unbranched alkanes of at least 4 members (excludes halogenated alkanes) is 1. The molecule has 5 heteroatoms. The fourth-order valence-corrected chi connectivity index (χ4v) is 2.17. The number of anilines is 2. The van der Waals surface area contributed by atoms with Gasteiger partial charge in [0, 0.05) is 25.7 Å². The van der Waals surface area contributed by atoms with Crippen LogP contribution in [0, 0.1) is 5.92 Å². The third-order valence-corrected chi connectivity index (χ3v) is 3.47. The SMILES string of the molecule is CCCCNc1ccc(NC(=O)C2CCOCC2)nc1. The van der Waals surface area contributed by atoms with Gasteiger partial charge in [0.25, 0.3) is 0 Å². The van der Waals surface area contributed by atoms with Crippen molar-refractivity contribution in [2.24, 2.45) is 5.92 Å². The number of carbonyl (C=O) groups excluding carboxylic acids is 1. The molecule has 1 aromatic heterocycles. The third-order valence-electron chi connectivity index (χ3n) is 3.47. The summed E-state index contributed by atoms with van der Waals surface area (Å²) in [5.41, 5.74) is 0.988. The van der Waals surface area contributed by atoms with Crippen molar-refractivity contribution in [1.29, 1.82) is 0 Å². The Morgan fingerprint density at radius 2 is 2.20 bits per heavy atom. The highest BCUT2D eigenvalue weighted by Gasteiger charge is 2.21. The molecule has 1 saturated heterocycles. The lowest BCUT2D eigenvalue weighted by atomic mass is 9.99. The summed E-state index contributed by atoms with van der Waals surface area (Å²) in [6.45, 7) is 4.46. The zero-order valence-electron chi connectivity index (χ0n) is 12.0. The molecular weight excluding hydrogens is 254 g/mol. The van der Waals surface area contributed by atoms with Gasteiger partial charge in [0.05, 0.1) is 11.9 Å². The van der Waals surface area contributed by atoms with E-state index < -0.39 is 0 Å². The van der Waals surface area contributed by atoms with Gasteiger partial charge in [-0.2, -0.15) is 0 Å². The normalized spacial score (nSPS) is 15.8. The number of aromatic nitrogens is 1. The summed E-state index contributed by atoms with van der Waals surface area (Å²) in [5, 5.41) is 6.17. The minimum Gasteiger partial charge on any atom is -0.384 e. The first-order valence-corrected chi connectivity index (χ1v) is 7.38. The average molecular weight is 277 g/mol. The first kappa shape index (κ1) is 14.8. The summed E-state index contributed by atoms with van der Waals surface area (Å²) < 4.78 is 5.26. The van der Waals surface area contributed by atoms with E-state index in [2.05, 4.69) is 22.5 Å². The van der Waals surface area contributed by atoms with E-state index in [0.717, 1.165) is 31.5 Å². The summed E-state index contributed by atoms with van der Waals surface area (Å²) in [6.07, 6.45) is 5.65. The van der Waals surface area contributed by atoms with Crippen LogP contribution < -0.4 is 10.6 Å². The predicted molar refractivity (Wildman–Crippen MR) is 79.8 cm³/mol. The fourth-order valence-electron chi connectivity index (χ4n) is 2.17. The lowest BCUT2D eigenvalue weighted by Crippen LogP contribution is -2.28. The molecule has 1 aliphatic heterocycles. The van der Waals surface area contributed by atoms with Gasteiger partial charge in [0.15, 0.2) is 0 Å². The Bertz CT molecular complexity index is 414. The van der Waals surface area contributed by atoms with Gasteiger partial charge in [-0.05, 0) is 31.4 Å². The first-order chi connectivity index (χ1) is 9.79. The van der Waals surface area contributed by atoms with E-state index >= 15 is 0 Å². The number of carbonyl (C=O) groups is 1. The molecule has 0 aromatic carbocycles. The molecule has 0 spiro atoms. The molecule has 2 rings (SSSR count). The van der Waals surface area contributed by atoms with Crippen LogP contribution in [0.25, 0.3) is 0 Å². The second-order valence-corrected chi connectivity index (χ2v) is 5.09. The molecule has 5 nitrogen and oxygen atoms in total. The maximum absolute atomic E-state index is 12.0. The molecule has 0 aliphatic carbocycles. The van der Waals surface area contributed by atoms with Gasteiger partial charge >= 0.3 is 0 Å². The summed E-state index contributed by atoms with van der Waals surface area (Å²) in [7, 11) is 0. The van der Waals surface area contributed by atoms with E-state index in [9.17, 15) is 4.79 Å². The molecule has 1 aliphatic rings. The second kappa shape index (κ2) is 7.85. The third kappa shape index (κ3) is 4.49. The van der Waals surface area contributed by atoms with E-state index in [1.807, 2.05) is 12.1 Å². The van der Waals surface area contributed by atoms with Gasteiger partial charge in [-0.15, -0.1) is 0 Å². The number of pyridine rings is 1. The van der Waals surface area contributed by atoms with Crippen LogP contribution in [0.4, 0.5) is 11.5 Å². The summed E-state index contributed by atoms with van der Waals surface area (Å²) in [6, 6.07) is 3.79. The molecule has 0 unspecified atom stereocenters. The summed E-state index contributed by atoms with van der Waals surface area (Å²) in [5.74, 6) is 0.711. The standard InChI is InChI=1S/C15H23N3O2/c1-2-3-8-16-13-4-5-14(17-11-13)18-15(19)12-6-9-20-10-7-12/h4-5,11-12,16H,2-3,6-10H2,1H3,(H,17,18,19). The lowest BCUT2D eigenvalue weighted by Gasteiger charge is -2.20. The smallest absolute Gasteiger partial charge is 0.228 e. The first-order valence-electron chi connectivity index (χ1n) is 7.38. The molecule has 1 amide bonds. The van der Waals surface area contributed by atoms with Crippen molar-refractivity contribution >= 4 is 17.4 Å². The molecule has 1 aromatic rings. The maximum atomic E-state index is 12.0. The Labute approximate surface area is 120 Å². The van der Waals surface area contributed by atoms with Crippen molar-refractivity contribution in [2.45, 2.75) is 32.6 Å². The van der Waals surface area contributed by atoms with Gasteiger partial charge in [-0.25, -0.2) is 4.98 Å². The molecule has 2 heterocycles. The van der Waals surface area contributed by atoms with E-state index in [0.29, 0.717) is 19.0 Å². The van der Waals surface area contributed by atoms with Crippen LogP contribution in [0.1, 0.15) is 32.6 Å². The topological polar surface area (TPSA) is 63.2 Å². The number of ether oxygens (including phenoxy) is 1. The molecular formula is C15H23N3O2. The number of hydrogen-bond donors (Lipinski definition) is 2. The summed E-state index contributed by atoms with van der Waals surface area (Å²) in [4.78, 5) is 16.3. The Hall–Kier alpha value is -1.62. The minimum atomic E-state index is 0.0486. The fraction of sp³-hybridized carbons (Fsp3) is 0.600. The maximum Gasteiger partial charge on any atom is 0.228 e. The van der Waals surface area contributed by atoms with Gasteiger partial charge in [0.1, 0.15) is 5.82 Å². The number of nitrogens with zero attached hydrogens (tertiary/aromatic N) is 1. The van der Waals surface area contributed by atoms with Crippen molar-refractivity contribution < 1.29 is 9.53 Å². The van der Waals surface area contributed by atoms with Crippen LogP contribution in [0.15, 0.2) is 18.3 Å². The lowest BCUT2D eigenvalue weighted by molar-refractivity contribution is -0.122. The second-order valence-electron chi connectivity index (χ2n) is 5.09. The quantitative estimate of drug-likeness (QED) is 0.785. The van der Waals surface area contributed by atoms with Gasteiger partial charge in [-0.3, -0.25) is 4.79 Å². The minimum absolute atomic E-state index is 0.0486. The highest BCUT2D eigenvalue weighted by Crippen LogP contribution is 2.17. The highest BCUT2D eigenvalue weighted by atomic mass is 16.5. The van der Waals surface area contributed by atoms with E-state index in [1.54, 1.807) is 6.20 Å². The molecule has 0 radical (unpaired) electrons. The van der Waals surface area contributed by atoms with Crippen LogP contribution in [-0.2, 0) is 9.53 Å². The monoisotopic (exact) mass is 277 g/mol. The predicted octanol–water partition coefficient (Wildman–Crippen LogP) is 2.66. The Kier molecular flexibility index (Phi) is 5.80. The Morgan fingerprint density at radius 1 is 1.40 bits per heavy atom. The highest BCUT2D eigenvalue weighted by molar-refractivity contribution is 5.91. The molecule has 0 atom stereocenters. The van der Waals surface area contributed by atoms with E-state index in [1.165, 1.54) is 6.42 Å². The Morgan fingerprint density at radius 3 is 2.85 bits per heavy atom. The molecule has 110 valence electrons. The number of hydrogen-bond acceptors (Lipinski definition) is 4. The van der Waals surface area contributed by atoms with Gasteiger partial charge in [0.2, 0.25) is 5.91 Å². The van der Waals surface area contributed by atoms with E-state index in [-0.39, 0.29) is 11.8 Å². The van der Waals surface area contributed by atoms with Gasteiger partial charge in [-0.1, -0.05) is 13.3 Å². The average Bonchev–Trinajstić information content (AvgIpc) is 2.50. The van der Waals surface area contributed by atoms with Crippen LogP contribution in [-0.4, -0.2) is 30.6 Å². The van der Waals surface area contributed by atoms with Crippen molar-refractivity contribution in [3.05, 3.63) is 18.3 Å². The van der Waals surface area contributed by atoms with Crippen LogP contribution >= 0.6 is 0 Å². The molecule has 2 N–H and O–H groups in total. The number of rotatable bonds is 6. The van der Waals surface area contributed by atoms with Crippen LogP contribution in [0.2, 0.25) is 0 Å². The number of nitrogens with one attached hydrogen (secondary N) is 2. The van der Waals surface area contributed by atoms with Gasteiger partial charge < -0.3 is 15.4 Å². The van der Waals surface area contributed by atoms with Crippen LogP contribution in [0.3, 0.4) is 0 Å². The van der Waals surface area contributed by atoms with E-state index in [4.69, 9.17) is 4.74 Å². The molecule has 20 heavy (non-hydrogen) atoms.